The van der Waals surface area contributed by atoms with E-state index in [4.69, 9.17) is 5.73 Å². The quantitative estimate of drug-likeness (QED) is 0.724. The molecule has 1 aliphatic rings. The fourth-order valence-corrected chi connectivity index (χ4v) is 2.39. The maximum atomic E-state index is 13.4. The van der Waals surface area contributed by atoms with Gasteiger partial charge in [-0.25, -0.2) is 13.2 Å². The van der Waals surface area contributed by atoms with Crippen molar-refractivity contribution in [2.24, 2.45) is 5.73 Å². The van der Waals surface area contributed by atoms with Crippen LogP contribution < -0.4 is 16.4 Å². The monoisotopic (exact) mass is 351 g/mol. The van der Waals surface area contributed by atoms with E-state index in [9.17, 15) is 22.8 Å². The summed E-state index contributed by atoms with van der Waals surface area (Å²) < 4.78 is 39.2. The molecule has 1 aromatic rings. The molecule has 2 rings (SSSR count). The Bertz CT molecular complexity index is 607. The third-order valence-corrected chi connectivity index (χ3v) is 3.67. The molecule has 1 aromatic carbocycles. The largest absolute Gasteiger partial charge is 0.345 e. The molecule has 23 heavy (non-hydrogen) atoms. The number of hydrogen-bond donors (Lipinski definition) is 3. The molecule has 0 radical (unpaired) electrons. The van der Waals surface area contributed by atoms with Gasteiger partial charge in [-0.2, -0.15) is 0 Å². The maximum absolute atomic E-state index is 13.4. The minimum Gasteiger partial charge on any atom is -0.345 e. The Balaban J connectivity index is 0.00000264. The van der Waals surface area contributed by atoms with Gasteiger partial charge in [0.15, 0.2) is 17.5 Å². The van der Waals surface area contributed by atoms with Gasteiger partial charge < -0.3 is 16.4 Å². The first-order chi connectivity index (χ1) is 10.3. The highest BCUT2D eigenvalue weighted by molar-refractivity contribution is 5.96. The van der Waals surface area contributed by atoms with Crippen molar-refractivity contribution in [3.05, 3.63) is 29.6 Å². The molecule has 0 bridgehead atoms. The molecule has 0 heterocycles. The number of amides is 2. The average molecular weight is 352 g/mol. The van der Waals surface area contributed by atoms with Crippen molar-refractivity contribution in [3.63, 3.8) is 0 Å². The molecule has 0 atom stereocenters. The molecule has 4 N–H and O–H groups in total. The lowest BCUT2D eigenvalue weighted by atomic mass is 9.98. The summed E-state index contributed by atoms with van der Waals surface area (Å²) in [6.07, 6.45) is 2.77. The van der Waals surface area contributed by atoms with Gasteiger partial charge in [-0.15, -0.1) is 12.4 Å². The maximum Gasteiger partial charge on any atom is 0.243 e. The highest BCUT2D eigenvalue weighted by Gasteiger charge is 2.36. The summed E-state index contributed by atoms with van der Waals surface area (Å²) in [7, 11) is 0. The Morgan fingerprint density at radius 3 is 2.35 bits per heavy atom. The minimum atomic E-state index is -1.67. The van der Waals surface area contributed by atoms with Crippen LogP contribution in [-0.4, -0.2) is 23.9 Å². The van der Waals surface area contributed by atoms with Crippen molar-refractivity contribution in [2.75, 3.05) is 11.9 Å². The van der Waals surface area contributed by atoms with E-state index >= 15 is 0 Å². The number of hydrogen-bond acceptors (Lipinski definition) is 3. The Hall–Kier alpha value is -1.80. The van der Waals surface area contributed by atoms with Crippen LogP contribution in [0, 0.1) is 17.5 Å². The SMILES string of the molecule is Cl.NC1(C(=O)NCC(=O)Nc2ccc(F)c(F)c2F)CCCC1. The van der Waals surface area contributed by atoms with E-state index < -0.39 is 47.0 Å². The van der Waals surface area contributed by atoms with Crippen LogP contribution in [0.4, 0.5) is 18.9 Å². The van der Waals surface area contributed by atoms with Gasteiger partial charge in [0.05, 0.1) is 17.8 Å². The molecular formula is C14H17ClF3N3O2. The summed E-state index contributed by atoms with van der Waals surface area (Å²) in [5, 5.41) is 4.42. The number of anilines is 1. The summed E-state index contributed by atoms with van der Waals surface area (Å²) in [6, 6.07) is 1.59. The number of carbonyl (C=O) groups excluding carboxylic acids is 2. The second-order valence-electron chi connectivity index (χ2n) is 5.32. The van der Waals surface area contributed by atoms with Gasteiger partial charge in [0, 0.05) is 0 Å². The lowest BCUT2D eigenvalue weighted by molar-refractivity contribution is -0.128. The zero-order valence-corrected chi connectivity index (χ0v) is 12.9. The van der Waals surface area contributed by atoms with Crippen LogP contribution in [0.2, 0.25) is 0 Å². The number of carbonyl (C=O) groups is 2. The Kier molecular flexibility index (Phi) is 6.40. The Morgan fingerprint density at radius 1 is 1.13 bits per heavy atom. The van der Waals surface area contributed by atoms with E-state index in [1.54, 1.807) is 0 Å². The van der Waals surface area contributed by atoms with Crippen molar-refractivity contribution in [3.8, 4) is 0 Å². The molecule has 0 saturated heterocycles. The molecule has 0 spiro atoms. The predicted molar refractivity (Wildman–Crippen MR) is 80.6 cm³/mol. The van der Waals surface area contributed by atoms with Crippen LogP contribution in [0.15, 0.2) is 12.1 Å². The van der Waals surface area contributed by atoms with Crippen molar-refractivity contribution in [1.82, 2.24) is 5.32 Å². The molecular weight excluding hydrogens is 335 g/mol. The van der Waals surface area contributed by atoms with E-state index in [0.29, 0.717) is 18.9 Å². The summed E-state index contributed by atoms with van der Waals surface area (Å²) in [4.78, 5) is 23.5. The number of benzene rings is 1. The zero-order valence-electron chi connectivity index (χ0n) is 12.1. The normalized spacial score (nSPS) is 15.7. The third-order valence-electron chi connectivity index (χ3n) is 3.67. The molecule has 1 fully saturated rings. The van der Waals surface area contributed by atoms with E-state index in [0.717, 1.165) is 18.9 Å². The van der Waals surface area contributed by atoms with Crippen molar-refractivity contribution in [2.45, 2.75) is 31.2 Å². The fraction of sp³-hybridized carbons (Fsp3) is 0.429. The first kappa shape index (κ1) is 19.2. The number of nitrogens with one attached hydrogen (secondary N) is 2. The molecule has 128 valence electrons. The zero-order chi connectivity index (χ0) is 16.3. The van der Waals surface area contributed by atoms with Gasteiger partial charge in [-0.1, -0.05) is 12.8 Å². The van der Waals surface area contributed by atoms with Gasteiger partial charge >= 0.3 is 0 Å². The van der Waals surface area contributed by atoms with E-state index in [1.807, 2.05) is 0 Å². The summed E-state index contributed by atoms with van der Waals surface area (Å²) in [5.74, 6) is -5.74. The molecule has 0 aliphatic heterocycles. The lowest BCUT2D eigenvalue weighted by Gasteiger charge is -2.22. The van der Waals surface area contributed by atoms with E-state index in [2.05, 4.69) is 10.6 Å². The van der Waals surface area contributed by atoms with Crippen LogP contribution in [0.3, 0.4) is 0 Å². The molecule has 0 unspecified atom stereocenters. The number of rotatable bonds is 4. The molecule has 1 saturated carbocycles. The van der Waals surface area contributed by atoms with Gasteiger partial charge in [-0.05, 0) is 25.0 Å². The molecule has 0 aromatic heterocycles. The van der Waals surface area contributed by atoms with Crippen molar-refractivity contribution < 1.29 is 22.8 Å². The standard InChI is InChI=1S/C14H16F3N3O2.ClH/c15-8-3-4-9(12(17)11(8)16)20-10(21)7-19-13(22)14(18)5-1-2-6-14;/h3-4H,1-2,5-7,18H2,(H,19,22)(H,20,21);1H. The van der Waals surface area contributed by atoms with E-state index in [-0.39, 0.29) is 12.4 Å². The van der Waals surface area contributed by atoms with Crippen LogP contribution in [0.25, 0.3) is 0 Å². The summed E-state index contributed by atoms with van der Waals surface area (Å²) in [6.45, 7) is -0.434. The second kappa shape index (κ2) is 7.65. The van der Waals surface area contributed by atoms with Crippen LogP contribution >= 0.6 is 12.4 Å². The van der Waals surface area contributed by atoms with Crippen molar-refractivity contribution in [1.29, 1.82) is 0 Å². The van der Waals surface area contributed by atoms with Crippen molar-refractivity contribution >= 4 is 29.9 Å². The summed E-state index contributed by atoms with van der Waals surface area (Å²) in [5.41, 5.74) is 4.43. The molecule has 1 aliphatic carbocycles. The Morgan fingerprint density at radius 2 is 1.74 bits per heavy atom. The first-order valence-corrected chi connectivity index (χ1v) is 6.84. The third kappa shape index (κ3) is 4.35. The predicted octanol–water partition coefficient (Wildman–Crippen LogP) is 1.85. The van der Waals surface area contributed by atoms with Crippen LogP contribution in [0.5, 0.6) is 0 Å². The number of halogens is 4. The highest BCUT2D eigenvalue weighted by Crippen LogP contribution is 2.27. The van der Waals surface area contributed by atoms with Crippen LogP contribution in [-0.2, 0) is 9.59 Å². The second-order valence-corrected chi connectivity index (χ2v) is 5.32. The first-order valence-electron chi connectivity index (χ1n) is 6.84. The lowest BCUT2D eigenvalue weighted by Crippen LogP contribution is -2.53. The summed E-state index contributed by atoms with van der Waals surface area (Å²) >= 11 is 0. The minimum absolute atomic E-state index is 0. The fourth-order valence-electron chi connectivity index (χ4n) is 2.39. The smallest absolute Gasteiger partial charge is 0.243 e. The van der Waals surface area contributed by atoms with E-state index in [1.165, 1.54) is 0 Å². The number of nitrogens with two attached hydrogens (primary N) is 1. The van der Waals surface area contributed by atoms with Gasteiger partial charge in [0.25, 0.3) is 0 Å². The molecule has 5 nitrogen and oxygen atoms in total. The highest BCUT2D eigenvalue weighted by atomic mass is 35.5. The topological polar surface area (TPSA) is 84.2 Å². The van der Waals surface area contributed by atoms with Crippen LogP contribution in [0.1, 0.15) is 25.7 Å². The van der Waals surface area contributed by atoms with Gasteiger partial charge in [0.1, 0.15) is 0 Å². The average Bonchev–Trinajstić information content (AvgIpc) is 2.93. The molecule has 2 amide bonds. The molecule has 9 heteroatoms. The Labute approximate surface area is 137 Å². The van der Waals surface area contributed by atoms with Gasteiger partial charge in [-0.3, -0.25) is 9.59 Å². The van der Waals surface area contributed by atoms with Gasteiger partial charge in [0.2, 0.25) is 11.8 Å².